The fourth-order valence-corrected chi connectivity index (χ4v) is 3.91. The highest BCUT2D eigenvalue weighted by atomic mass is 16.5. The highest BCUT2D eigenvalue weighted by Crippen LogP contribution is 2.38. The molecule has 1 fully saturated rings. The number of likely N-dealkylation sites (tertiary alicyclic amines) is 1. The molecule has 0 aliphatic carbocycles. The quantitative estimate of drug-likeness (QED) is 0.932. The van der Waals surface area contributed by atoms with Crippen molar-refractivity contribution in [2.75, 3.05) is 26.3 Å². The molecule has 0 bridgehead atoms. The number of piperidine rings is 1. The molecule has 2 aliphatic rings. The maximum atomic E-state index is 10.9. The van der Waals surface area contributed by atoms with Crippen LogP contribution >= 0.6 is 0 Å². The lowest BCUT2D eigenvalue weighted by atomic mass is 9.88. The van der Waals surface area contributed by atoms with Crippen LogP contribution in [0.4, 0.5) is 0 Å². The zero-order valence-corrected chi connectivity index (χ0v) is 13.8. The van der Waals surface area contributed by atoms with Crippen LogP contribution in [-0.2, 0) is 0 Å². The molecule has 0 radical (unpaired) electrons. The normalized spacial score (nSPS) is 32.2. The molecular weight excluding hydrogens is 278 g/mol. The summed E-state index contributed by atoms with van der Waals surface area (Å²) in [4.78, 5) is 2.40. The number of nitrogens with zero attached hydrogens (tertiary/aromatic N) is 1. The third-order valence-electron chi connectivity index (χ3n) is 4.75. The van der Waals surface area contributed by atoms with Crippen LogP contribution in [-0.4, -0.2) is 42.4 Å². The van der Waals surface area contributed by atoms with Gasteiger partial charge in [0.25, 0.3) is 0 Å². The summed E-state index contributed by atoms with van der Waals surface area (Å²) in [6.07, 6.45) is 0.757. The Kier molecular flexibility index (Phi) is 4.59. The van der Waals surface area contributed by atoms with Gasteiger partial charge in [0.15, 0.2) is 0 Å². The van der Waals surface area contributed by atoms with E-state index in [4.69, 9.17) is 9.47 Å². The van der Waals surface area contributed by atoms with Gasteiger partial charge in [-0.2, -0.15) is 0 Å². The molecule has 0 saturated carbocycles. The van der Waals surface area contributed by atoms with Crippen molar-refractivity contribution >= 4 is 0 Å². The molecule has 1 aromatic rings. The van der Waals surface area contributed by atoms with Crippen molar-refractivity contribution < 1.29 is 14.6 Å². The third-order valence-corrected chi connectivity index (χ3v) is 4.75. The van der Waals surface area contributed by atoms with E-state index in [2.05, 4.69) is 18.7 Å². The molecule has 0 spiro atoms. The molecule has 4 atom stereocenters. The predicted octanol–water partition coefficient (Wildman–Crippen LogP) is 2.86. The summed E-state index contributed by atoms with van der Waals surface area (Å²) >= 11 is 0. The van der Waals surface area contributed by atoms with E-state index in [1.54, 1.807) is 0 Å². The van der Waals surface area contributed by atoms with E-state index in [0.29, 0.717) is 25.0 Å². The Labute approximate surface area is 133 Å². The summed E-state index contributed by atoms with van der Waals surface area (Å²) in [5.74, 6) is 2.93. The Bertz CT molecular complexity index is 509. The molecule has 22 heavy (non-hydrogen) atoms. The Morgan fingerprint density at radius 1 is 1.27 bits per heavy atom. The number of hydrogen-bond acceptors (Lipinski definition) is 4. The number of fused-ring (bicyclic) bond motifs is 1. The SMILES string of the molecule is CCOc1ccc2c(c1)C(O)C(N1CC(C)CC(C)C1)CO2. The minimum atomic E-state index is -0.512. The highest BCUT2D eigenvalue weighted by molar-refractivity contribution is 5.43. The van der Waals surface area contributed by atoms with Crippen molar-refractivity contribution in [2.24, 2.45) is 11.8 Å². The number of benzene rings is 1. The number of ether oxygens (including phenoxy) is 2. The predicted molar refractivity (Wildman–Crippen MR) is 86.4 cm³/mol. The number of rotatable bonds is 3. The second kappa shape index (κ2) is 6.47. The molecular formula is C18H27NO3. The van der Waals surface area contributed by atoms with Crippen molar-refractivity contribution in [3.05, 3.63) is 23.8 Å². The van der Waals surface area contributed by atoms with Crippen molar-refractivity contribution in [1.29, 1.82) is 0 Å². The van der Waals surface area contributed by atoms with Gasteiger partial charge >= 0.3 is 0 Å². The summed E-state index contributed by atoms with van der Waals surface area (Å²) < 4.78 is 11.5. The van der Waals surface area contributed by atoms with Crippen LogP contribution in [0.5, 0.6) is 11.5 Å². The second-order valence-corrected chi connectivity index (χ2v) is 6.86. The van der Waals surface area contributed by atoms with Gasteiger partial charge in [0.2, 0.25) is 0 Å². The molecule has 1 N–H and O–H groups in total. The van der Waals surface area contributed by atoms with Crippen LogP contribution in [0.15, 0.2) is 18.2 Å². The van der Waals surface area contributed by atoms with Crippen molar-refractivity contribution in [1.82, 2.24) is 4.90 Å². The van der Waals surface area contributed by atoms with Gasteiger partial charge in [-0.1, -0.05) is 13.8 Å². The first-order valence-corrected chi connectivity index (χ1v) is 8.40. The molecule has 2 heterocycles. The van der Waals surface area contributed by atoms with E-state index in [1.807, 2.05) is 25.1 Å². The van der Waals surface area contributed by atoms with Gasteiger partial charge < -0.3 is 14.6 Å². The number of aliphatic hydroxyl groups is 1. The molecule has 1 aromatic carbocycles. The average molecular weight is 305 g/mol. The van der Waals surface area contributed by atoms with Gasteiger partial charge in [0.1, 0.15) is 24.2 Å². The fraction of sp³-hybridized carbons (Fsp3) is 0.667. The summed E-state index contributed by atoms with van der Waals surface area (Å²) in [5.41, 5.74) is 0.855. The molecule has 2 aliphatic heterocycles. The smallest absolute Gasteiger partial charge is 0.125 e. The topological polar surface area (TPSA) is 41.9 Å². The van der Waals surface area contributed by atoms with Crippen LogP contribution in [0.1, 0.15) is 38.9 Å². The Balaban J connectivity index is 1.80. The first-order chi connectivity index (χ1) is 10.6. The van der Waals surface area contributed by atoms with Crippen LogP contribution < -0.4 is 9.47 Å². The van der Waals surface area contributed by atoms with Crippen molar-refractivity contribution in [3.63, 3.8) is 0 Å². The summed E-state index contributed by atoms with van der Waals surface area (Å²) in [7, 11) is 0. The van der Waals surface area contributed by atoms with Crippen LogP contribution in [0.2, 0.25) is 0 Å². The van der Waals surface area contributed by atoms with Gasteiger partial charge in [-0.05, 0) is 43.4 Å². The summed E-state index contributed by atoms with van der Waals surface area (Å²) in [5, 5.41) is 10.9. The minimum Gasteiger partial charge on any atom is -0.494 e. The number of hydrogen-bond donors (Lipinski definition) is 1. The summed E-state index contributed by atoms with van der Waals surface area (Å²) in [6.45, 7) is 9.80. The van der Waals surface area contributed by atoms with Gasteiger partial charge in [-0.3, -0.25) is 4.90 Å². The van der Waals surface area contributed by atoms with E-state index < -0.39 is 6.10 Å². The van der Waals surface area contributed by atoms with Gasteiger partial charge in [0, 0.05) is 18.7 Å². The third kappa shape index (κ3) is 3.08. The molecule has 4 heteroatoms. The second-order valence-electron chi connectivity index (χ2n) is 6.86. The molecule has 1 saturated heterocycles. The zero-order valence-electron chi connectivity index (χ0n) is 13.8. The van der Waals surface area contributed by atoms with E-state index in [0.717, 1.165) is 30.2 Å². The Morgan fingerprint density at radius 2 is 2.00 bits per heavy atom. The average Bonchev–Trinajstić information content (AvgIpc) is 2.47. The van der Waals surface area contributed by atoms with E-state index in [-0.39, 0.29) is 6.04 Å². The van der Waals surface area contributed by atoms with Crippen LogP contribution in [0.3, 0.4) is 0 Å². The Morgan fingerprint density at radius 3 is 2.68 bits per heavy atom. The largest absolute Gasteiger partial charge is 0.494 e. The summed E-state index contributed by atoms with van der Waals surface area (Å²) in [6, 6.07) is 5.77. The fourth-order valence-electron chi connectivity index (χ4n) is 3.91. The zero-order chi connectivity index (χ0) is 15.7. The van der Waals surface area contributed by atoms with E-state index in [9.17, 15) is 5.11 Å². The maximum Gasteiger partial charge on any atom is 0.125 e. The molecule has 122 valence electrons. The molecule has 3 rings (SSSR count). The van der Waals surface area contributed by atoms with Gasteiger partial charge in [-0.15, -0.1) is 0 Å². The monoisotopic (exact) mass is 305 g/mol. The lowest BCUT2D eigenvalue weighted by Crippen LogP contribution is -2.51. The van der Waals surface area contributed by atoms with Crippen LogP contribution in [0.25, 0.3) is 0 Å². The van der Waals surface area contributed by atoms with E-state index in [1.165, 1.54) is 6.42 Å². The molecule has 4 nitrogen and oxygen atoms in total. The van der Waals surface area contributed by atoms with Crippen LogP contribution in [0, 0.1) is 11.8 Å². The molecule has 4 unspecified atom stereocenters. The highest BCUT2D eigenvalue weighted by Gasteiger charge is 2.36. The van der Waals surface area contributed by atoms with Gasteiger partial charge in [0.05, 0.1) is 12.6 Å². The minimum absolute atomic E-state index is 0.0366. The van der Waals surface area contributed by atoms with Crippen molar-refractivity contribution in [3.8, 4) is 11.5 Å². The lowest BCUT2D eigenvalue weighted by molar-refractivity contribution is -0.0228. The molecule has 0 aromatic heterocycles. The van der Waals surface area contributed by atoms with Crippen molar-refractivity contribution in [2.45, 2.75) is 39.3 Å². The molecule has 0 amide bonds. The standard InChI is InChI=1S/C18H27NO3/c1-4-21-14-5-6-17-15(8-14)18(20)16(11-22-17)19-9-12(2)7-13(3)10-19/h5-6,8,12-13,16,18,20H,4,7,9-11H2,1-3H3. The first kappa shape index (κ1) is 15.6. The first-order valence-electron chi connectivity index (χ1n) is 8.40. The lowest BCUT2D eigenvalue weighted by Gasteiger charge is -2.43. The number of aliphatic hydroxyl groups excluding tert-OH is 1. The van der Waals surface area contributed by atoms with Gasteiger partial charge in [-0.25, -0.2) is 0 Å². The maximum absolute atomic E-state index is 10.9. The Hall–Kier alpha value is -1.26. The van der Waals surface area contributed by atoms with E-state index >= 15 is 0 Å².